The lowest BCUT2D eigenvalue weighted by atomic mass is 10.0. The number of hydrogen-bond donors (Lipinski definition) is 0. The minimum Gasteiger partial charge on any atom is -0.483 e. The average molecular weight is 471 g/mol. The van der Waals surface area contributed by atoms with E-state index in [2.05, 4.69) is 44.6 Å². The number of piperidine rings is 1. The fourth-order valence-electron chi connectivity index (χ4n) is 3.78. The van der Waals surface area contributed by atoms with Gasteiger partial charge in [0.05, 0.1) is 11.0 Å². The lowest BCUT2D eigenvalue weighted by Crippen LogP contribution is -2.37. The molecule has 3 aromatic rings. The van der Waals surface area contributed by atoms with Crippen molar-refractivity contribution in [1.82, 2.24) is 4.90 Å². The van der Waals surface area contributed by atoms with Crippen molar-refractivity contribution in [2.24, 2.45) is 0 Å². The number of nitro benzene ring substituents is 1. The molecular formula is C24H26N2O4S2. The smallest absolute Gasteiger partial charge is 0.310 e. The van der Waals surface area contributed by atoms with Crippen molar-refractivity contribution in [3.63, 3.8) is 0 Å². The van der Waals surface area contributed by atoms with Crippen LogP contribution in [-0.2, 0) is 4.74 Å². The molecule has 1 aliphatic rings. The van der Waals surface area contributed by atoms with Crippen LogP contribution in [0, 0.1) is 10.1 Å². The van der Waals surface area contributed by atoms with Crippen molar-refractivity contribution in [3.8, 4) is 5.75 Å². The molecule has 1 aliphatic heterocycles. The minimum atomic E-state index is -0.424. The maximum Gasteiger partial charge on any atom is 0.310 e. The van der Waals surface area contributed by atoms with Gasteiger partial charge in [0.1, 0.15) is 12.7 Å². The molecule has 0 atom stereocenters. The molecule has 3 heterocycles. The Kier molecular flexibility index (Phi) is 8.06. The van der Waals surface area contributed by atoms with E-state index >= 15 is 0 Å². The quantitative estimate of drug-likeness (QED) is 0.209. The summed E-state index contributed by atoms with van der Waals surface area (Å²) in [6.07, 6.45) is 6.26. The van der Waals surface area contributed by atoms with E-state index in [4.69, 9.17) is 9.47 Å². The summed E-state index contributed by atoms with van der Waals surface area (Å²) in [6.45, 7) is 3.12. The molecule has 0 bridgehead atoms. The summed E-state index contributed by atoms with van der Waals surface area (Å²) in [5, 5.41) is 19.6. The molecule has 0 aliphatic carbocycles. The SMILES string of the molecule is O=[N+]([O-])c1ccccc1OCC=CCN1CCC(OC(c2ccsc2)c2ccsc2)CC1. The predicted molar refractivity (Wildman–Crippen MR) is 129 cm³/mol. The molecule has 4 rings (SSSR count). The zero-order chi connectivity index (χ0) is 22.2. The summed E-state index contributed by atoms with van der Waals surface area (Å²) in [4.78, 5) is 13.0. The summed E-state index contributed by atoms with van der Waals surface area (Å²) in [6, 6.07) is 10.7. The highest BCUT2D eigenvalue weighted by molar-refractivity contribution is 7.08. The van der Waals surface area contributed by atoms with E-state index in [9.17, 15) is 10.1 Å². The van der Waals surface area contributed by atoms with E-state index in [-0.39, 0.29) is 17.9 Å². The number of hydrogen-bond acceptors (Lipinski definition) is 7. The molecule has 0 unspecified atom stereocenters. The van der Waals surface area contributed by atoms with E-state index in [0.29, 0.717) is 12.4 Å². The third-order valence-corrected chi connectivity index (χ3v) is 6.89. The lowest BCUT2D eigenvalue weighted by molar-refractivity contribution is -0.385. The van der Waals surface area contributed by atoms with Gasteiger partial charge in [0, 0.05) is 25.7 Å². The summed E-state index contributed by atoms with van der Waals surface area (Å²) >= 11 is 3.41. The molecular weight excluding hydrogens is 444 g/mol. The Morgan fingerprint density at radius 3 is 2.38 bits per heavy atom. The first-order chi connectivity index (χ1) is 15.7. The molecule has 0 saturated carbocycles. The number of ether oxygens (including phenoxy) is 2. The van der Waals surface area contributed by atoms with Crippen molar-refractivity contribution in [2.75, 3.05) is 26.2 Å². The van der Waals surface area contributed by atoms with Gasteiger partial charge in [-0.25, -0.2) is 0 Å². The molecule has 6 nitrogen and oxygen atoms in total. The fourth-order valence-corrected chi connectivity index (χ4v) is 5.13. The molecule has 0 N–H and O–H groups in total. The largest absolute Gasteiger partial charge is 0.483 e. The lowest BCUT2D eigenvalue weighted by Gasteiger charge is -2.33. The second-order valence-electron chi connectivity index (χ2n) is 7.64. The highest BCUT2D eigenvalue weighted by Crippen LogP contribution is 2.32. The molecule has 8 heteroatoms. The van der Waals surface area contributed by atoms with Crippen LogP contribution in [0.1, 0.15) is 30.1 Å². The van der Waals surface area contributed by atoms with Gasteiger partial charge in [-0.15, -0.1) is 0 Å². The van der Waals surface area contributed by atoms with Crippen LogP contribution >= 0.6 is 22.7 Å². The number of nitro groups is 1. The van der Waals surface area contributed by atoms with Crippen LogP contribution in [0.2, 0.25) is 0 Å². The highest BCUT2D eigenvalue weighted by atomic mass is 32.1. The summed E-state index contributed by atoms with van der Waals surface area (Å²) < 4.78 is 12.1. The number of rotatable bonds is 10. The first-order valence-corrected chi connectivity index (χ1v) is 12.5. The van der Waals surface area contributed by atoms with Crippen molar-refractivity contribution < 1.29 is 14.4 Å². The first-order valence-electron chi connectivity index (χ1n) is 10.6. The maximum atomic E-state index is 11.0. The standard InChI is InChI=1S/C24H26N2O4S2/c27-26(28)22-5-1-2-6-23(22)29-14-4-3-11-25-12-7-21(8-13-25)30-24(19-9-15-31-17-19)20-10-16-32-18-20/h1-6,9-10,15-18,21,24H,7-8,11-14H2. The van der Waals surface area contributed by atoms with Gasteiger partial charge in [-0.05, 0) is 63.7 Å². The summed E-state index contributed by atoms with van der Waals surface area (Å²) in [7, 11) is 0. The van der Waals surface area contributed by atoms with Gasteiger partial charge in [0.15, 0.2) is 5.75 Å². The second-order valence-corrected chi connectivity index (χ2v) is 9.20. The Balaban J connectivity index is 1.21. The normalized spacial score (nSPS) is 15.5. The fraction of sp³-hybridized carbons (Fsp3) is 0.333. The Labute approximate surface area is 195 Å². The Hall–Kier alpha value is -2.52. The highest BCUT2D eigenvalue weighted by Gasteiger charge is 2.25. The van der Waals surface area contributed by atoms with Gasteiger partial charge in [-0.3, -0.25) is 15.0 Å². The van der Waals surface area contributed by atoms with Crippen molar-refractivity contribution in [2.45, 2.75) is 25.0 Å². The van der Waals surface area contributed by atoms with Crippen LogP contribution in [0.4, 0.5) is 5.69 Å². The zero-order valence-electron chi connectivity index (χ0n) is 17.7. The predicted octanol–water partition coefficient (Wildman–Crippen LogP) is 5.92. The minimum absolute atomic E-state index is 0.00817. The summed E-state index contributed by atoms with van der Waals surface area (Å²) in [5.74, 6) is 0.297. The average Bonchev–Trinajstić information content (AvgIpc) is 3.53. The van der Waals surface area contributed by atoms with Gasteiger partial charge >= 0.3 is 5.69 Å². The van der Waals surface area contributed by atoms with E-state index in [1.165, 1.54) is 17.2 Å². The Morgan fingerprint density at radius 1 is 1.06 bits per heavy atom. The molecule has 0 amide bonds. The van der Waals surface area contributed by atoms with Crippen LogP contribution in [-0.4, -0.2) is 42.2 Å². The molecule has 1 fully saturated rings. The zero-order valence-corrected chi connectivity index (χ0v) is 19.3. The van der Waals surface area contributed by atoms with E-state index in [1.54, 1.807) is 40.9 Å². The molecule has 168 valence electrons. The topological polar surface area (TPSA) is 64.8 Å². The van der Waals surface area contributed by atoms with E-state index in [0.717, 1.165) is 32.5 Å². The van der Waals surface area contributed by atoms with Gasteiger partial charge < -0.3 is 9.47 Å². The van der Waals surface area contributed by atoms with Crippen molar-refractivity contribution in [1.29, 1.82) is 0 Å². The maximum absolute atomic E-state index is 11.0. The third-order valence-electron chi connectivity index (χ3n) is 5.48. The van der Waals surface area contributed by atoms with Crippen LogP contribution < -0.4 is 4.74 Å². The van der Waals surface area contributed by atoms with E-state index < -0.39 is 4.92 Å². The van der Waals surface area contributed by atoms with Gasteiger partial charge in [0.25, 0.3) is 0 Å². The van der Waals surface area contributed by atoms with Crippen molar-refractivity contribution >= 4 is 28.4 Å². The molecule has 2 aromatic heterocycles. The van der Waals surface area contributed by atoms with E-state index in [1.807, 2.05) is 6.08 Å². The van der Waals surface area contributed by atoms with Crippen LogP contribution in [0.5, 0.6) is 5.75 Å². The summed E-state index contributed by atoms with van der Waals surface area (Å²) in [5.41, 5.74) is 2.46. The third kappa shape index (κ3) is 6.04. The van der Waals surface area contributed by atoms with Crippen LogP contribution in [0.3, 0.4) is 0 Å². The van der Waals surface area contributed by atoms with Gasteiger partial charge in [0.2, 0.25) is 0 Å². The number of nitrogens with zero attached hydrogens (tertiary/aromatic N) is 2. The van der Waals surface area contributed by atoms with Gasteiger partial charge in [-0.2, -0.15) is 22.7 Å². The Bertz CT molecular complexity index is 963. The number of benzene rings is 1. The number of thiophene rings is 2. The Morgan fingerprint density at radius 2 is 1.75 bits per heavy atom. The number of likely N-dealkylation sites (tertiary alicyclic amines) is 1. The first kappa shape index (κ1) is 22.7. The second kappa shape index (κ2) is 11.4. The monoisotopic (exact) mass is 470 g/mol. The van der Waals surface area contributed by atoms with Crippen LogP contribution in [0.15, 0.2) is 70.1 Å². The van der Waals surface area contributed by atoms with Gasteiger partial charge in [-0.1, -0.05) is 24.3 Å². The van der Waals surface area contributed by atoms with Crippen molar-refractivity contribution in [3.05, 3.63) is 91.3 Å². The molecule has 1 aromatic carbocycles. The molecule has 32 heavy (non-hydrogen) atoms. The molecule has 0 radical (unpaired) electrons. The van der Waals surface area contributed by atoms with Crippen LogP contribution in [0.25, 0.3) is 0 Å². The molecule has 0 spiro atoms. The number of para-hydroxylation sites is 2. The molecule has 1 saturated heterocycles.